The molecule has 0 radical (unpaired) electrons. The minimum absolute atomic E-state index is 0.299. The van der Waals surface area contributed by atoms with Crippen LogP contribution in [0.2, 0.25) is 10.0 Å². The van der Waals surface area contributed by atoms with E-state index in [0.29, 0.717) is 32.4 Å². The molecule has 1 fully saturated rings. The third-order valence-corrected chi connectivity index (χ3v) is 7.13. The van der Waals surface area contributed by atoms with Crippen LogP contribution in [0.25, 0.3) is 11.3 Å². The summed E-state index contributed by atoms with van der Waals surface area (Å²) >= 11 is 18.2. The molecule has 3 heterocycles. The number of halogens is 2. The lowest BCUT2D eigenvalue weighted by molar-refractivity contribution is 0.439. The van der Waals surface area contributed by atoms with Gasteiger partial charge in [-0.1, -0.05) is 29.3 Å². The van der Waals surface area contributed by atoms with Gasteiger partial charge in [-0.05, 0) is 78.9 Å². The second kappa shape index (κ2) is 9.74. The predicted molar refractivity (Wildman–Crippen MR) is 147 cm³/mol. The molecule has 2 aromatic carbocycles. The molecule has 2 aromatic heterocycles. The van der Waals surface area contributed by atoms with Crippen LogP contribution in [-0.2, 0) is 10.0 Å². The fourth-order valence-electron chi connectivity index (χ4n) is 4.17. The van der Waals surface area contributed by atoms with Crippen LogP contribution in [0.3, 0.4) is 0 Å². The molecule has 2 N–H and O–H groups in total. The molecule has 0 bridgehead atoms. The first kappa shape index (κ1) is 24.6. The molecule has 36 heavy (non-hydrogen) atoms. The normalized spacial score (nSPS) is 17.8. The number of aromatic nitrogens is 1. The number of sulfonamides is 1. The maximum atomic E-state index is 11.6. The lowest BCUT2D eigenvalue weighted by Gasteiger charge is -2.26. The number of rotatable bonds is 6. The standard InChI is InChI=1S/C25H20Cl2N4O3S2/c1-36(32,33)30-16-6-8-17(9-7-16)31-24(23(29-25(31)35)20-4-2-3-13-28-20)22-12-11-21(34-22)18-10-5-15(26)14-19(18)27/h2-14,23-24,30H,1H3,(H,29,35)/t23-,24+/m0/s1. The molecule has 2 atom stereocenters. The number of hydrogen-bond acceptors (Lipinski definition) is 5. The molecule has 0 spiro atoms. The first-order valence-corrected chi connectivity index (χ1v) is 13.9. The monoisotopic (exact) mass is 558 g/mol. The minimum Gasteiger partial charge on any atom is -0.459 e. The molecule has 0 saturated carbocycles. The smallest absolute Gasteiger partial charge is 0.229 e. The van der Waals surface area contributed by atoms with Gasteiger partial charge in [0.25, 0.3) is 0 Å². The van der Waals surface area contributed by atoms with Gasteiger partial charge in [0.2, 0.25) is 10.0 Å². The fourth-order valence-corrected chi connectivity index (χ4v) is 5.58. The van der Waals surface area contributed by atoms with Gasteiger partial charge in [0.1, 0.15) is 17.6 Å². The summed E-state index contributed by atoms with van der Waals surface area (Å²) in [6.45, 7) is 0. The van der Waals surface area contributed by atoms with E-state index in [4.69, 9.17) is 39.8 Å². The van der Waals surface area contributed by atoms with Gasteiger partial charge in [-0.25, -0.2) is 8.42 Å². The summed E-state index contributed by atoms with van der Waals surface area (Å²) in [5, 5.41) is 4.88. The lowest BCUT2D eigenvalue weighted by Crippen LogP contribution is -2.29. The van der Waals surface area contributed by atoms with E-state index in [1.165, 1.54) is 0 Å². The van der Waals surface area contributed by atoms with Gasteiger partial charge in [0.05, 0.1) is 23.0 Å². The molecule has 4 aromatic rings. The van der Waals surface area contributed by atoms with E-state index >= 15 is 0 Å². The van der Waals surface area contributed by atoms with Crippen molar-refractivity contribution in [1.82, 2.24) is 10.3 Å². The molecule has 1 saturated heterocycles. The molecule has 0 aliphatic carbocycles. The van der Waals surface area contributed by atoms with Crippen molar-refractivity contribution in [2.45, 2.75) is 12.1 Å². The number of nitrogens with one attached hydrogen (secondary N) is 2. The summed E-state index contributed by atoms with van der Waals surface area (Å²) in [4.78, 5) is 6.47. The van der Waals surface area contributed by atoms with Crippen molar-refractivity contribution < 1.29 is 12.8 Å². The Morgan fingerprint density at radius 2 is 1.83 bits per heavy atom. The Morgan fingerprint density at radius 1 is 1.06 bits per heavy atom. The summed E-state index contributed by atoms with van der Waals surface area (Å²) < 4.78 is 32.0. The van der Waals surface area contributed by atoms with Gasteiger partial charge in [0, 0.05) is 28.2 Å². The minimum atomic E-state index is -3.39. The predicted octanol–water partition coefficient (Wildman–Crippen LogP) is 6.20. The van der Waals surface area contributed by atoms with Crippen molar-refractivity contribution in [2.24, 2.45) is 0 Å². The zero-order valence-electron chi connectivity index (χ0n) is 18.9. The average molecular weight is 560 g/mol. The highest BCUT2D eigenvalue weighted by Gasteiger charge is 2.42. The van der Waals surface area contributed by atoms with Crippen molar-refractivity contribution in [2.75, 3.05) is 15.9 Å². The number of furan rings is 1. The highest BCUT2D eigenvalue weighted by molar-refractivity contribution is 7.92. The molecule has 1 aliphatic heterocycles. The number of thiocarbonyl (C=S) groups is 1. The van der Waals surface area contributed by atoms with Crippen molar-refractivity contribution >= 4 is 61.9 Å². The molecule has 11 heteroatoms. The highest BCUT2D eigenvalue weighted by Crippen LogP contribution is 2.43. The molecular weight excluding hydrogens is 539 g/mol. The third-order valence-electron chi connectivity index (χ3n) is 5.66. The van der Waals surface area contributed by atoms with Gasteiger partial charge in [0.15, 0.2) is 5.11 Å². The van der Waals surface area contributed by atoms with Crippen LogP contribution in [-0.4, -0.2) is 24.8 Å². The Kier molecular flexibility index (Phi) is 6.65. The number of benzene rings is 2. The number of anilines is 2. The summed E-state index contributed by atoms with van der Waals surface area (Å²) in [5.41, 5.74) is 2.73. The summed E-state index contributed by atoms with van der Waals surface area (Å²) in [5.74, 6) is 1.24. The quantitative estimate of drug-likeness (QED) is 0.272. The van der Waals surface area contributed by atoms with Crippen LogP contribution < -0.4 is 14.9 Å². The number of nitrogens with zero attached hydrogens (tertiary/aromatic N) is 2. The SMILES string of the molecule is CS(=O)(=O)Nc1ccc(N2C(=S)N[C@@H](c3ccccn3)[C@H]2c2ccc(-c3ccc(Cl)cc3Cl)o2)cc1. The Bertz CT molecular complexity index is 1530. The van der Waals surface area contributed by atoms with Gasteiger partial charge < -0.3 is 14.6 Å². The van der Waals surface area contributed by atoms with E-state index in [1.54, 1.807) is 42.6 Å². The van der Waals surface area contributed by atoms with Crippen LogP contribution >= 0.6 is 35.4 Å². The Morgan fingerprint density at radius 3 is 2.50 bits per heavy atom. The Balaban J connectivity index is 1.56. The van der Waals surface area contributed by atoms with E-state index in [-0.39, 0.29) is 12.1 Å². The van der Waals surface area contributed by atoms with Gasteiger partial charge >= 0.3 is 0 Å². The van der Waals surface area contributed by atoms with Crippen LogP contribution in [0, 0.1) is 0 Å². The zero-order valence-corrected chi connectivity index (χ0v) is 22.0. The summed E-state index contributed by atoms with van der Waals surface area (Å²) in [6.07, 6.45) is 2.84. The lowest BCUT2D eigenvalue weighted by atomic mass is 10.0. The van der Waals surface area contributed by atoms with Crippen LogP contribution in [0.5, 0.6) is 0 Å². The largest absolute Gasteiger partial charge is 0.459 e. The maximum Gasteiger partial charge on any atom is 0.229 e. The second-order valence-corrected chi connectivity index (χ2v) is 11.2. The first-order valence-electron chi connectivity index (χ1n) is 10.8. The van der Waals surface area contributed by atoms with Crippen molar-refractivity contribution in [1.29, 1.82) is 0 Å². The van der Waals surface area contributed by atoms with Crippen molar-refractivity contribution in [3.8, 4) is 11.3 Å². The molecule has 0 amide bonds. The third kappa shape index (κ3) is 5.05. The molecule has 5 rings (SSSR count). The topological polar surface area (TPSA) is 87.5 Å². The van der Waals surface area contributed by atoms with E-state index in [1.807, 2.05) is 41.3 Å². The van der Waals surface area contributed by atoms with Gasteiger partial charge in [-0.15, -0.1) is 0 Å². The maximum absolute atomic E-state index is 11.6. The van der Waals surface area contributed by atoms with Crippen molar-refractivity contribution in [3.63, 3.8) is 0 Å². The first-order chi connectivity index (χ1) is 17.2. The summed E-state index contributed by atoms with van der Waals surface area (Å²) in [7, 11) is -3.39. The van der Waals surface area contributed by atoms with Crippen LogP contribution in [0.1, 0.15) is 23.5 Å². The molecule has 184 valence electrons. The zero-order chi connectivity index (χ0) is 25.4. The highest BCUT2D eigenvalue weighted by atomic mass is 35.5. The molecule has 0 unspecified atom stereocenters. The molecule has 1 aliphatic rings. The Hall–Kier alpha value is -3.11. The summed E-state index contributed by atoms with van der Waals surface area (Å²) in [6, 6.07) is 21.0. The molecule has 7 nitrogen and oxygen atoms in total. The van der Waals surface area contributed by atoms with E-state index in [0.717, 1.165) is 23.2 Å². The second-order valence-electron chi connectivity index (χ2n) is 8.24. The van der Waals surface area contributed by atoms with Gasteiger partial charge in [-0.2, -0.15) is 0 Å². The fraction of sp³-hybridized carbons (Fsp3) is 0.120. The van der Waals surface area contributed by atoms with Crippen molar-refractivity contribution in [3.05, 3.63) is 100 Å². The van der Waals surface area contributed by atoms with E-state index in [2.05, 4.69) is 15.0 Å². The molecular formula is C25H20Cl2N4O3S2. The van der Waals surface area contributed by atoms with E-state index in [9.17, 15) is 8.42 Å². The van der Waals surface area contributed by atoms with Gasteiger partial charge in [-0.3, -0.25) is 9.71 Å². The van der Waals surface area contributed by atoms with E-state index < -0.39 is 10.0 Å². The van der Waals surface area contributed by atoms with Crippen LogP contribution in [0.4, 0.5) is 11.4 Å². The Labute approximate surface area is 224 Å². The number of hydrogen-bond donors (Lipinski definition) is 2. The number of pyridine rings is 1. The van der Waals surface area contributed by atoms with Crippen LogP contribution in [0.15, 0.2) is 83.4 Å². The average Bonchev–Trinajstić information content (AvgIpc) is 3.44.